The van der Waals surface area contributed by atoms with Crippen molar-refractivity contribution >= 4 is 12.6 Å². The summed E-state index contributed by atoms with van der Waals surface area (Å²) in [6, 6.07) is 5.91. The van der Waals surface area contributed by atoms with Crippen molar-refractivity contribution in [3.63, 3.8) is 0 Å². The van der Waals surface area contributed by atoms with Crippen LogP contribution in [-0.2, 0) is 14.0 Å². The van der Waals surface area contributed by atoms with Crippen molar-refractivity contribution in [2.75, 3.05) is 13.4 Å². The molecule has 1 aromatic carbocycles. The summed E-state index contributed by atoms with van der Waals surface area (Å²) in [5.74, 6) is 0.793. The molecule has 2 rings (SSSR count). The van der Waals surface area contributed by atoms with E-state index < -0.39 is 0 Å². The van der Waals surface area contributed by atoms with Gasteiger partial charge in [0.1, 0.15) is 5.75 Å². The number of aryl methyl sites for hydroxylation is 1. The van der Waals surface area contributed by atoms with E-state index in [1.165, 1.54) is 0 Å². The fourth-order valence-electron chi connectivity index (χ4n) is 2.17. The van der Waals surface area contributed by atoms with Gasteiger partial charge in [-0.15, -0.1) is 0 Å². The highest BCUT2D eigenvalue weighted by molar-refractivity contribution is 6.62. The highest BCUT2D eigenvalue weighted by Gasteiger charge is 2.52. The quantitative estimate of drug-likeness (QED) is 0.475. The molecule has 21 heavy (non-hydrogen) atoms. The van der Waals surface area contributed by atoms with Gasteiger partial charge in [-0.2, -0.15) is 0 Å². The van der Waals surface area contributed by atoms with Gasteiger partial charge in [-0.1, -0.05) is 6.07 Å². The second-order valence-corrected chi connectivity index (χ2v) is 6.36. The lowest BCUT2D eigenvalue weighted by Crippen LogP contribution is -2.41. The molecular formula is C16H25BO4. The van der Waals surface area contributed by atoms with E-state index >= 15 is 0 Å². The Labute approximate surface area is 127 Å². The molecule has 0 spiro atoms. The highest BCUT2D eigenvalue weighted by Crippen LogP contribution is 2.36. The molecule has 1 saturated heterocycles. The molecule has 0 saturated carbocycles. The van der Waals surface area contributed by atoms with E-state index in [0.29, 0.717) is 6.61 Å². The first-order valence-electron chi connectivity index (χ1n) is 7.43. The number of rotatable bonds is 5. The molecule has 4 nitrogen and oxygen atoms in total. The third-order valence-electron chi connectivity index (χ3n) is 4.26. The monoisotopic (exact) mass is 292 g/mol. The predicted octanol–water partition coefficient (Wildman–Crippen LogP) is 2.67. The molecule has 0 atom stereocenters. The summed E-state index contributed by atoms with van der Waals surface area (Å²) < 4.78 is 22.9. The molecule has 5 heteroatoms. The number of hydrogen-bond donors (Lipinski definition) is 0. The summed E-state index contributed by atoms with van der Waals surface area (Å²) in [5.41, 5.74) is 1.47. The third-order valence-corrected chi connectivity index (χ3v) is 4.26. The van der Waals surface area contributed by atoms with Crippen molar-refractivity contribution in [1.82, 2.24) is 0 Å². The molecule has 0 amide bonds. The minimum atomic E-state index is -0.337. The van der Waals surface area contributed by atoms with Crippen LogP contribution in [0.4, 0.5) is 0 Å². The maximum absolute atomic E-state index is 6.08. The molecule has 0 radical (unpaired) electrons. The lowest BCUT2D eigenvalue weighted by molar-refractivity contribution is 0.00578. The summed E-state index contributed by atoms with van der Waals surface area (Å²) >= 11 is 0. The molecule has 1 heterocycles. The summed E-state index contributed by atoms with van der Waals surface area (Å²) in [6.45, 7) is 13.1. The van der Waals surface area contributed by atoms with E-state index in [9.17, 15) is 0 Å². The molecule has 116 valence electrons. The molecule has 0 aliphatic carbocycles. The lowest BCUT2D eigenvalue weighted by Gasteiger charge is -2.32. The molecule has 1 aliphatic heterocycles. The molecule has 0 bridgehead atoms. The van der Waals surface area contributed by atoms with E-state index in [2.05, 4.69) is 27.7 Å². The average molecular weight is 292 g/mol. The number of ether oxygens (including phenoxy) is 2. The predicted molar refractivity (Wildman–Crippen MR) is 84.0 cm³/mol. The maximum Gasteiger partial charge on any atom is 0.495 e. The first-order chi connectivity index (χ1) is 9.77. The molecule has 1 fully saturated rings. The Morgan fingerprint density at radius 2 is 1.71 bits per heavy atom. The zero-order valence-electron chi connectivity index (χ0n) is 13.9. The second-order valence-electron chi connectivity index (χ2n) is 6.36. The Kier molecular flexibility index (Phi) is 4.66. The molecule has 1 aliphatic rings. The molecule has 1 aromatic rings. The van der Waals surface area contributed by atoms with Crippen LogP contribution in [0.2, 0.25) is 0 Å². The fourth-order valence-corrected chi connectivity index (χ4v) is 2.17. The smallest absolute Gasteiger partial charge is 0.468 e. The van der Waals surface area contributed by atoms with Crippen molar-refractivity contribution in [3.8, 4) is 5.75 Å². The van der Waals surface area contributed by atoms with Gasteiger partial charge in [0.15, 0.2) is 6.79 Å². The van der Waals surface area contributed by atoms with Crippen LogP contribution >= 0.6 is 0 Å². The van der Waals surface area contributed by atoms with E-state index in [0.717, 1.165) is 16.8 Å². The van der Waals surface area contributed by atoms with Gasteiger partial charge in [0, 0.05) is 6.61 Å². The molecule has 0 unspecified atom stereocenters. The normalized spacial score (nSPS) is 19.8. The lowest BCUT2D eigenvalue weighted by atomic mass is 9.76. The Balaban J connectivity index is 2.12. The standard InChI is InChI=1S/C16H25BO4/c1-7-18-11-19-13-8-9-14(12(2)10-13)17-20-15(3,4)16(5,6)21-17/h8-10H,7,11H2,1-6H3. The van der Waals surface area contributed by atoms with Gasteiger partial charge < -0.3 is 18.8 Å². The summed E-state index contributed by atoms with van der Waals surface area (Å²) in [5, 5.41) is 0. The SMILES string of the molecule is CCOCOc1ccc(B2OC(C)(C)C(C)(C)O2)c(C)c1. The molecule has 0 N–H and O–H groups in total. The van der Waals surface area contributed by atoms with Gasteiger partial charge in [0.05, 0.1) is 11.2 Å². The number of hydrogen-bond acceptors (Lipinski definition) is 4. The number of benzene rings is 1. The van der Waals surface area contributed by atoms with Crippen molar-refractivity contribution in [1.29, 1.82) is 0 Å². The van der Waals surface area contributed by atoms with Gasteiger partial charge >= 0.3 is 7.12 Å². The van der Waals surface area contributed by atoms with Crippen LogP contribution < -0.4 is 10.2 Å². The van der Waals surface area contributed by atoms with Crippen LogP contribution in [0.5, 0.6) is 5.75 Å². The van der Waals surface area contributed by atoms with Gasteiger partial charge in [0.2, 0.25) is 0 Å². The van der Waals surface area contributed by atoms with Gasteiger partial charge in [-0.3, -0.25) is 0 Å². The van der Waals surface area contributed by atoms with Crippen molar-refractivity contribution in [2.24, 2.45) is 0 Å². The third kappa shape index (κ3) is 3.42. The van der Waals surface area contributed by atoms with Crippen LogP contribution in [0.25, 0.3) is 0 Å². The van der Waals surface area contributed by atoms with Crippen LogP contribution in [0.15, 0.2) is 18.2 Å². The fraction of sp³-hybridized carbons (Fsp3) is 0.625. The van der Waals surface area contributed by atoms with Crippen LogP contribution in [-0.4, -0.2) is 31.7 Å². The van der Waals surface area contributed by atoms with Gasteiger partial charge in [-0.25, -0.2) is 0 Å². The first-order valence-corrected chi connectivity index (χ1v) is 7.43. The Hall–Kier alpha value is -1.04. The Morgan fingerprint density at radius 1 is 1.10 bits per heavy atom. The van der Waals surface area contributed by atoms with E-state index in [1.54, 1.807) is 0 Å². The summed E-state index contributed by atoms with van der Waals surface area (Å²) in [4.78, 5) is 0. The van der Waals surface area contributed by atoms with Gasteiger partial charge in [0.25, 0.3) is 0 Å². The zero-order chi connectivity index (χ0) is 15.7. The summed E-state index contributed by atoms with van der Waals surface area (Å²) in [6.07, 6.45) is 0. The average Bonchev–Trinajstić information content (AvgIpc) is 2.58. The first kappa shape index (κ1) is 16.3. The van der Waals surface area contributed by atoms with Crippen LogP contribution in [0.3, 0.4) is 0 Å². The van der Waals surface area contributed by atoms with E-state index in [-0.39, 0.29) is 25.1 Å². The van der Waals surface area contributed by atoms with E-state index in [4.69, 9.17) is 18.8 Å². The summed E-state index contributed by atoms with van der Waals surface area (Å²) in [7, 11) is -0.337. The topological polar surface area (TPSA) is 36.9 Å². The Morgan fingerprint density at radius 3 is 2.24 bits per heavy atom. The van der Waals surface area contributed by atoms with E-state index in [1.807, 2.05) is 32.0 Å². The van der Waals surface area contributed by atoms with Crippen molar-refractivity contribution < 1.29 is 18.8 Å². The second kappa shape index (κ2) is 5.99. The Bertz CT molecular complexity index is 483. The largest absolute Gasteiger partial charge is 0.495 e. The molecule has 0 aromatic heterocycles. The maximum atomic E-state index is 6.08. The van der Waals surface area contributed by atoms with Crippen molar-refractivity contribution in [2.45, 2.75) is 52.7 Å². The minimum absolute atomic E-state index is 0.270. The minimum Gasteiger partial charge on any atom is -0.468 e. The molecular weight excluding hydrogens is 267 g/mol. The highest BCUT2D eigenvalue weighted by atomic mass is 16.7. The van der Waals surface area contributed by atoms with Gasteiger partial charge in [-0.05, 0) is 64.7 Å². The van der Waals surface area contributed by atoms with Crippen molar-refractivity contribution in [3.05, 3.63) is 23.8 Å². The zero-order valence-corrected chi connectivity index (χ0v) is 13.9. The van der Waals surface area contributed by atoms with Crippen LogP contribution in [0, 0.1) is 6.92 Å². The van der Waals surface area contributed by atoms with Crippen LogP contribution in [0.1, 0.15) is 40.2 Å².